The van der Waals surface area contributed by atoms with Gasteiger partial charge in [0.15, 0.2) is 0 Å². The van der Waals surface area contributed by atoms with Crippen LogP contribution in [0.1, 0.15) is 18.4 Å². The molecular weight excluding hydrogens is 316 g/mol. The molecule has 0 saturated carbocycles. The first-order valence-corrected chi connectivity index (χ1v) is 8.01. The van der Waals surface area contributed by atoms with Gasteiger partial charge in [0.05, 0.1) is 25.7 Å². The number of hydrogen-bond acceptors (Lipinski definition) is 4. The Morgan fingerprint density at radius 1 is 1.26 bits per heavy atom. The first-order valence-electron chi connectivity index (χ1n) is 8.01. The van der Waals surface area contributed by atoms with Crippen molar-refractivity contribution >= 4 is 18.3 Å². The zero-order valence-corrected chi connectivity index (χ0v) is 14.3. The van der Waals surface area contributed by atoms with E-state index in [0.29, 0.717) is 12.5 Å². The van der Waals surface area contributed by atoms with E-state index in [-0.39, 0.29) is 24.4 Å². The van der Waals surface area contributed by atoms with E-state index in [0.717, 1.165) is 50.3 Å². The molecule has 128 valence electrons. The number of carbonyl (C=O) groups excluding carboxylic acids is 1. The SMILES string of the molecule is COc1ccccc1COC1CCN(C(=O)C2CNC2)CC1.Cl. The van der Waals surface area contributed by atoms with Crippen molar-refractivity contribution in [2.24, 2.45) is 5.92 Å². The van der Waals surface area contributed by atoms with Gasteiger partial charge < -0.3 is 19.7 Å². The van der Waals surface area contributed by atoms with E-state index in [2.05, 4.69) is 5.32 Å². The van der Waals surface area contributed by atoms with Crippen LogP contribution in [0.4, 0.5) is 0 Å². The number of carbonyl (C=O) groups is 1. The summed E-state index contributed by atoms with van der Waals surface area (Å²) < 4.78 is 11.4. The number of hydrogen-bond donors (Lipinski definition) is 1. The monoisotopic (exact) mass is 340 g/mol. The van der Waals surface area contributed by atoms with Gasteiger partial charge in [-0.15, -0.1) is 12.4 Å². The molecule has 0 aromatic heterocycles. The number of piperidine rings is 1. The zero-order valence-electron chi connectivity index (χ0n) is 13.5. The largest absolute Gasteiger partial charge is 0.496 e. The Bertz CT molecular complexity index is 514. The molecular formula is C17H25ClN2O3. The van der Waals surface area contributed by atoms with E-state index in [1.165, 1.54) is 0 Å². The van der Waals surface area contributed by atoms with Crippen molar-refractivity contribution in [3.05, 3.63) is 29.8 Å². The number of likely N-dealkylation sites (tertiary alicyclic amines) is 1. The second-order valence-corrected chi connectivity index (χ2v) is 6.00. The Morgan fingerprint density at radius 3 is 2.57 bits per heavy atom. The first kappa shape index (κ1) is 18.0. The molecule has 1 aromatic rings. The van der Waals surface area contributed by atoms with E-state index < -0.39 is 0 Å². The zero-order chi connectivity index (χ0) is 15.4. The lowest BCUT2D eigenvalue weighted by Crippen LogP contribution is -2.53. The summed E-state index contributed by atoms with van der Waals surface area (Å²) in [6.45, 7) is 3.86. The van der Waals surface area contributed by atoms with Crippen LogP contribution >= 0.6 is 12.4 Å². The van der Waals surface area contributed by atoms with Crippen LogP contribution in [-0.2, 0) is 16.1 Å². The van der Waals surface area contributed by atoms with Crippen LogP contribution in [0, 0.1) is 5.92 Å². The fourth-order valence-electron chi connectivity index (χ4n) is 2.99. The Kier molecular flexibility index (Phi) is 6.69. The summed E-state index contributed by atoms with van der Waals surface area (Å²) in [5.41, 5.74) is 1.07. The highest BCUT2D eigenvalue weighted by molar-refractivity contribution is 5.85. The van der Waals surface area contributed by atoms with Gasteiger partial charge in [-0.05, 0) is 18.9 Å². The number of para-hydroxylation sites is 1. The van der Waals surface area contributed by atoms with Crippen molar-refractivity contribution in [3.63, 3.8) is 0 Å². The van der Waals surface area contributed by atoms with Gasteiger partial charge in [0.25, 0.3) is 0 Å². The molecule has 2 aliphatic rings. The highest BCUT2D eigenvalue weighted by Crippen LogP contribution is 2.22. The van der Waals surface area contributed by atoms with E-state index >= 15 is 0 Å². The highest BCUT2D eigenvalue weighted by atomic mass is 35.5. The molecule has 0 unspecified atom stereocenters. The van der Waals surface area contributed by atoms with Crippen molar-refractivity contribution < 1.29 is 14.3 Å². The maximum atomic E-state index is 12.2. The van der Waals surface area contributed by atoms with Crippen molar-refractivity contribution in [2.75, 3.05) is 33.3 Å². The van der Waals surface area contributed by atoms with Gasteiger partial charge in [-0.1, -0.05) is 18.2 Å². The molecule has 1 aromatic carbocycles. The molecule has 3 rings (SSSR count). The summed E-state index contributed by atoms with van der Waals surface area (Å²) in [6, 6.07) is 7.94. The molecule has 2 fully saturated rings. The van der Waals surface area contributed by atoms with Crippen LogP contribution in [0.2, 0.25) is 0 Å². The molecule has 1 N–H and O–H groups in total. The van der Waals surface area contributed by atoms with Gasteiger partial charge in [0.1, 0.15) is 5.75 Å². The maximum Gasteiger partial charge on any atom is 0.228 e. The fourth-order valence-corrected chi connectivity index (χ4v) is 2.99. The minimum absolute atomic E-state index is 0. The number of halogens is 1. The van der Waals surface area contributed by atoms with Crippen LogP contribution in [-0.4, -0.2) is 50.2 Å². The van der Waals surface area contributed by atoms with Gasteiger partial charge in [0.2, 0.25) is 5.91 Å². The third kappa shape index (κ3) is 4.37. The Hall–Kier alpha value is -1.30. The summed E-state index contributed by atoms with van der Waals surface area (Å²) in [6.07, 6.45) is 2.07. The van der Waals surface area contributed by atoms with Crippen LogP contribution in [0.25, 0.3) is 0 Å². The smallest absolute Gasteiger partial charge is 0.228 e. The molecule has 0 spiro atoms. The third-order valence-electron chi connectivity index (χ3n) is 4.55. The molecule has 0 atom stereocenters. The van der Waals surface area contributed by atoms with Crippen LogP contribution in [0.5, 0.6) is 5.75 Å². The standard InChI is InChI=1S/C17H24N2O3.ClH/c1-21-16-5-3-2-4-13(16)12-22-15-6-8-19(9-7-15)17(20)14-10-18-11-14;/h2-5,14-15,18H,6-12H2,1H3;1H. The quantitative estimate of drug-likeness (QED) is 0.888. The summed E-state index contributed by atoms with van der Waals surface area (Å²) in [5, 5.41) is 3.16. The molecule has 23 heavy (non-hydrogen) atoms. The second kappa shape index (κ2) is 8.52. The molecule has 0 bridgehead atoms. The molecule has 6 heteroatoms. The summed E-state index contributed by atoms with van der Waals surface area (Å²) >= 11 is 0. The normalized spacial score (nSPS) is 18.9. The number of rotatable bonds is 5. The van der Waals surface area contributed by atoms with Gasteiger partial charge in [-0.3, -0.25) is 4.79 Å². The minimum Gasteiger partial charge on any atom is -0.496 e. The number of nitrogens with zero attached hydrogens (tertiary/aromatic N) is 1. The Labute approximate surface area is 143 Å². The van der Waals surface area contributed by atoms with Crippen LogP contribution in [0.15, 0.2) is 24.3 Å². The fraction of sp³-hybridized carbons (Fsp3) is 0.588. The maximum absolute atomic E-state index is 12.2. The van der Waals surface area contributed by atoms with Crippen LogP contribution < -0.4 is 10.1 Å². The van der Waals surface area contributed by atoms with Gasteiger partial charge >= 0.3 is 0 Å². The molecule has 0 radical (unpaired) electrons. The summed E-state index contributed by atoms with van der Waals surface area (Å²) in [4.78, 5) is 14.2. The predicted molar refractivity (Wildman–Crippen MR) is 91.0 cm³/mol. The lowest BCUT2D eigenvalue weighted by Gasteiger charge is -2.36. The number of benzene rings is 1. The lowest BCUT2D eigenvalue weighted by atomic mass is 9.99. The predicted octanol–water partition coefficient (Wildman–Crippen LogP) is 1.84. The van der Waals surface area contributed by atoms with E-state index in [4.69, 9.17) is 9.47 Å². The topological polar surface area (TPSA) is 50.8 Å². The summed E-state index contributed by atoms with van der Waals surface area (Å²) in [5.74, 6) is 1.38. The number of ether oxygens (including phenoxy) is 2. The van der Waals surface area contributed by atoms with E-state index in [1.54, 1.807) is 7.11 Å². The number of methoxy groups -OCH3 is 1. The van der Waals surface area contributed by atoms with Crippen molar-refractivity contribution in [2.45, 2.75) is 25.6 Å². The summed E-state index contributed by atoms with van der Waals surface area (Å²) in [7, 11) is 1.68. The third-order valence-corrected chi connectivity index (χ3v) is 4.55. The average Bonchev–Trinajstić information content (AvgIpc) is 2.52. The first-order chi connectivity index (χ1) is 10.8. The molecule has 1 amide bonds. The molecule has 2 saturated heterocycles. The Morgan fingerprint density at radius 2 is 1.96 bits per heavy atom. The molecule has 2 heterocycles. The van der Waals surface area contributed by atoms with Gasteiger partial charge in [-0.25, -0.2) is 0 Å². The molecule has 0 aliphatic carbocycles. The van der Waals surface area contributed by atoms with Crippen molar-refractivity contribution in [3.8, 4) is 5.75 Å². The highest BCUT2D eigenvalue weighted by Gasteiger charge is 2.31. The van der Waals surface area contributed by atoms with Crippen LogP contribution in [0.3, 0.4) is 0 Å². The van der Waals surface area contributed by atoms with Crippen molar-refractivity contribution in [1.82, 2.24) is 10.2 Å². The van der Waals surface area contributed by atoms with Gasteiger partial charge in [0, 0.05) is 31.7 Å². The Balaban J connectivity index is 0.00000192. The second-order valence-electron chi connectivity index (χ2n) is 6.00. The average molecular weight is 341 g/mol. The van der Waals surface area contributed by atoms with E-state index in [1.807, 2.05) is 29.2 Å². The number of amides is 1. The number of nitrogens with one attached hydrogen (secondary N) is 1. The molecule has 2 aliphatic heterocycles. The lowest BCUT2D eigenvalue weighted by molar-refractivity contribution is -0.139. The minimum atomic E-state index is 0. The van der Waals surface area contributed by atoms with E-state index in [9.17, 15) is 4.79 Å². The van der Waals surface area contributed by atoms with Crippen molar-refractivity contribution in [1.29, 1.82) is 0 Å². The molecule has 5 nitrogen and oxygen atoms in total. The van der Waals surface area contributed by atoms with Gasteiger partial charge in [-0.2, -0.15) is 0 Å².